The quantitative estimate of drug-likeness (QED) is 0.0986. The summed E-state index contributed by atoms with van der Waals surface area (Å²) >= 11 is 0. The predicted molar refractivity (Wildman–Crippen MR) is 227 cm³/mol. The van der Waals surface area contributed by atoms with Crippen molar-refractivity contribution in [3.8, 4) is 22.6 Å². The fourth-order valence-electron chi connectivity index (χ4n) is 6.63. The number of fused-ring (bicyclic) bond motifs is 5. The topological polar surface area (TPSA) is 188 Å². The molecule has 0 aliphatic carbocycles. The Morgan fingerprint density at radius 2 is 1.42 bits per heavy atom. The van der Waals surface area contributed by atoms with E-state index in [1.54, 1.807) is 86.7 Å². The number of ether oxygens (including phenoxy) is 5. The molecule has 0 radical (unpaired) electrons. The average Bonchev–Trinajstić information content (AvgIpc) is 3.16. The van der Waals surface area contributed by atoms with Gasteiger partial charge in [-0.1, -0.05) is 39.3 Å². The number of nitrogens with one attached hydrogen (secondary N) is 3. The standard InChI is InChI=1S/C45H66N4O11/c1-12-22-57-37-19-17-31-27-33(37)32-25-30(16-18-36(32)58-23-21-47-43(55)60-45(7,8)9)26-34(41(53)56-11)48-39(51)29(3)24-35(50)38(31)49(10)40(52)28(2)15-13-14-20-46-42(54)59-44(4,5)6/h16-19,25,27-29,34,38H,12-15,20-24,26H2,1-11H3,(H,46,54)(H,47,55)(H,48,51)/t28-,29+,34-,38-/m0/s1. The van der Waals surface area contributed by atoms with Crippen molar-refractivity contribution in [2.45, 2.75) is 124 Å². The third-order valence-electron chi connectivity index (χ3n) is 9.53. The number of carbonyl (C=O) groups excluding carboxylic acids is 6. The van der Waals surface area contributed by atoms with Crippen LogP contribution in [0.4, 0.5) is 9.59 Å². The lowest BCUT2D eigenvalue weighted by molar-refractivity contribution is -0.146. The number of unbranched alkanes of at least 4 members (excludes halogenated alkanes) is 1. The maximum atomic E-state index is 14.4. The summed E-state index contributed by atoms with van der Waals surface area (Å²) in [4.78, 5) is 81.0. The molecule has 0 saturated carbocycles. The van der Waals surface area contributed by atoms with Crippen LogP contribution in [0.1, 0.15) is 112 Å². The third kappa shape index (κ3) is 15.4. The summed E-state index contributed by atoms with van der Waals surface area (Å²) in [7, 11) is 2.82. The maximum Gasteiger partial charge on any atom is 0.407 e. The Morgan fingerprint density at radius 3 is 2.02 bits per heavy atom. The van der Waals surface area contributed by atoms with Crippen molar-refractivity contribution in [2.75, 3.05) is 40.5 Å². The number of carbonyl (C=O) groups is 6. The molecule has 4 bridgehead atoms. The number of alkyl carbamates (subject to hydrolysis) is 2. The second kappa shape index (κ2) is 22.3. The highest BCUT2D eigenvalue weighted by Gasteiger charge is 2.35. The van der Waals surface area contributed by atoms with Crippen molar-refractivity contribution in [1.29, 1.82) is 0 Å². The van der Waals surface area contributed by atoms with E-state index in [1.807, 2.05) is 19.1 Å². The molecule has 4 atom stereocenters. The molecule has 1 aliphatic heterocycles. The molecule has 15 nitrogen and oxygen atoms in total. The Bertz CT molecular complexity index is 1820. The first-order chi connectivity index (χ1) is 28.1. The van der Waals surface area contributed by atoms with Crippen LogP contribution in [-0.4, -0.2) is 98.4 Å². The van der Waals surface area contributed by atoms with E-state index in [-0.39, 0.29) is 37.7 Å². The van der Waals surface area contributed by atoms with Crippen LogP contribution in [0.5, 0.6) is 11.5 Å². The first-order valence-corrected chi connectivity index (χ1v) is 20.8. The van der Waals surface area contributed by atoms with Crippen molar-refractivity contribution in [3.63, 3.8) is 0 Å². The molecule has 0 fully saturated rings. The number of esters is 1. The molecule has 332 valence electrons. The van der Waals surface area contributed by atoms with E-state index in [9.17, 15) is 28.8 Å². The Balaban J connectivity index is 2.06. The number of benzene rings is 2. The summed E-state index contributed by atoms with van der Waals surface area (Å²) in [5.74, 6) is -2.22. The van der Waals surface area contributed by atoms with E-state index in [2.05, 4.69) is 16.0 Å². The lowest BCUT2D eigenvalue weighted by atomic mass is 9.89. The Hall–Kier alpha value is -5.34. The zero-order valence-corrected chi connectivity index (χ0v) is 37.3. The molecule has 0 spiro atoms. The van der Waals surface area contributed by atoms with Gasteiger partial charge in [-0.25, -0.2) is 14.4 Å². The number of Topliss-reactive ketones (excluding diaryl/α,β-unsaturated/α-hetero) is 1. The first-order valence-electron chi connectivity index (χ1n) is 20.8. The minimum Gasteiger partial charge on any atom is -0.493 e. The van der Waals surface area contributed by atoms with Gasteiger partial charge < -0.3 is 44.5 Å². The highest BCUT2D eigenvalue weighted by molar-refractivity contribution is 5.95. The van der Waals surface area contributed by atoms with Gasteiger partial charge in [-0.15, -0.1) is 0 Å². The zero-order valence-electron chi connectivity index (χ0n) is 37.3. The van der Waals surface area contributed by atoms with Crippen LogP contribution in [0, 0.1) is 11.8 Å². The summed E-state index contributed by atoms with van der Waals surface area (Å²) in [5.41, 5.74) is 1.02. The average molecular weight is 839 g/mol. The van der Waals surface area contributed by atoms with Gasteiger partial charge in [-0.05, 0) is 96.2 Å². The Kier molecular flexibility index (Phi) is 18.2. The predicted octanol–water partition coefficient (Wildman–Crippen LogP) is 6.69. The van der Waals surface area contributed by atoms with Crippen molar-refractivity contribution < 1.29 is 52.5 Å². The fraction of sp³-hybridized carbons (Fsp3) is 0.600. The smallest absolute Gasteiger partial charge is 0.407 e. The molecule has 3 rings (SSSR count). The van der Waals surface area contributed by atoms with E-state index >= 15 is 0 Å². The minimum absolute atomic E-state index is 0.0719. The zero-order chi connectivity index (χ0) is 44.8. The largest absolute Gasteiger partial charge is 0.493 e. The number of rotatable bonds is 15. The number of hydrogen-bond acceptors (Lipinski definition) is 11. The van der Waals surface area contributed by atoms with Gasteiger partial charge >= 0.3 is 18.2 Å². The van der Waals surface area contributed by atoms with Gasteiger partial charge in [0.1, 0.15) is 41.4 Å². The highest BCUT2D eigenvalue weighted by Crippen LogP contribution is 2.41. The maximum absolute atomic E-state index is 14.4. The number of ketones is 1. The van der Waals surface area contributed by atoms with E-state index in [1.165, 1.54) is 12.0 Å². The van der Waals surface area contributed by atoms with Crippen LogP contribution < -0.4 is 25.4 Å². The van der Waals surface area contributed by atoms with Gasteiger partial charge in [0.2, 0.25) is 11.8 Å². The molecule has 4 amide bonds. The minimum atomic E-state index is -1.09. The van der Waals surface area contributed by atoms with Crippen molar-refractivity contribution in [1.82, 2.24) is 20.9 Å². The first kappa shape index (κ1) is 49.0. The van der Waals surface area contributed by atoms with Crippen LogP contribution in [0.3, 0.4) is 0 Å². The molecule has 0 saturated heterocycles. The summed E-state index contributed by atoms with van der Waals surface area (Å²) < 4.78 is 28.2. The molecule has 15 heteroatoms. The third-order valence-corrected chi connectivity index (χ3v) is 9.53. The van der Waals surface area contributed by atoms with Gasteiger partial charge in [-0.3, -0.25) is 14.4 Å². The van der Waals surface area contributed by atoms with Crippen LogP contribution in [-0.2, 0) is 39.8 Å². The fourth-order valence-corrected chi connectivity index (χ4v) is 6.63. The number of methoxy groups -OCH3 is 1. The van der Waals surface area contributed by atoms with Crippen LogP contribution in [0.15, 0.2) is 36.4 Å². The molecule has 60 heavy (non-hydrogen) atoms. The van der Waals surface area contributed by atoms with Gasteiger partial charge in [0.15, 0.2) is 5.78 Å². The lowest BCUT2D eigenvalue weighted by Crippen LogP contribution is -2.46. The monoisotopic (exact) mass is 838 g/mol. The van der Waals surface area contributed by atoms with Gasteiger partial charge in [0.25, 0.3) is 0 Å². The second-order valence-corrected chi connectivity index (χ2v) is 17.2. The van der Waals surface area contributed by atoms with Crippen molar-refractivity contribution in [3.05, 3.63) is 47.5 Å². The van der Waals surface area contributed by atoms with E-state index in [0.29, 0.717) is 72.6 Å². The number of hydrogen-bond donors (Lipinski definition) is 3. The number of nitrogens with zero attached hydrogens (tertiary/aromatic N) is 1. The second-order valence-electron chi connectivity index (χ2n) is 17.2. The van der Waals surface area contributed by atoms with Crippen molar-refractivity contribution in [2.24, 2.45) is 11.8 Å². The van der Waals surface area contributed by atoms with Gasteiger partial charge in [0.05, 0.1) is 20.3 Å². The molecule has 1 heterocycles. The van der Waals surface area contributed by atoms with E-state index in [4.69, 9.17) is 23.7 Å². The van der Waals surface area contributed by atoms with E-state index in [0.717, 1.165) is 0 Å². The summed E-state index contributed by atoms with van der Waals surface area (Å²) in [6, 6.07) is 8.52. The lowest BCUT2D eigenvalue weighted by Gasteiger charge is -2.31. The number of amides is 4. The highest BCUT2D eigenvalue weighted by atomic mass is 16.6. The van der Waals surface area contributed by atoms with Crippen LogP contribution >= 0.6 is 0 Å². The molecule has 2 aromatic rings. The number of likely N-dealkylation sites (N-methyl/N-ethyl adjacent to an activating group) is 1. The molecular weight excluding hydrogens is 773 g/mol. The molecule has 1 aliphatic rings. The molecule has 3 N–H and O–H groups in total. The van der Waals surface area contributed by atoms with Gasteiger partial charge in [0, 0.05) is 49.4 Å². The van der Waals surface area contributed by atoms with Crippen molar-refractivity contribution >= 4 is 35.8 Å². The SMILES string of the molecule is CCCOc1ccc2cc1-c1cc(ccc1OCCNC(=O)OC(C)(C)C)C[C@@H](C(=O)OC)NC(=O)[C@H](C)CC(=O)[C@H]2N(C)C(=O)[C@@H](C)CCCCNC(=O)OC(C)(C)C. The molecule has 0 aromatic heterocycles. The summed E-state index contributed by atoms with van der Waals surface area (Å²) in [5, 5.41) is 8.21. The summed E-state index contributed by atoms with van der Waals surface area (Å²) in [6.45, 7) is 17.0. The Morgan fingerprint density at radius 1 is 0.833 bits per heavy atom. The van der Waals surface area contributed by atoms with E-state index < -0.39 is 59.2 Å². The summed E-state index contributed by atoms with van der Waals surface area (Å²) in [6.07, 6.45) is 1.22. The molecular formula is C45H66N4O11. The van der Waals surface area contributed by atoms with Crippen LogP contribution in [0.2, 0.25) is 0 Å². The normalized spacial score (nSPS) is 17.6. The molecule has 0 unspecified atom stereocenters. The molecule has 2 aromatic carbocycles. The Labute approximate surface area is 354 Å². The van der Waals surface area contributed by atoms with Gasteiger partial charge in [-0.2, -0.15) is 0 Å². The van der Waals surface area contributed by atoms with Crippen LogP contribution in [0.25, 0.3) is 11.1 Å².